The predicted molar refractivity (Wildman–Crippen MR) is 77.6 cm³/mol. The Labute approximate surface area is 117 Å². The van der Waals surface area contributed by atoms with Crippen LogP contribution in [0.4, 0.5) is 10.7 Å². The molecular weight excluding hydrogens is 262 g/mol. The molecule has 1 unspecified atom stereocenters. The summed E-state index contributed by atoms with van der Waals surface area (Å²) in [6, 6.07) is 2.09. The molecule has 0 aliphatic heterocycles. The molecule has 0 aliphatic carbocycles. The van der Waals surface area contributed by atoms with Crippen LogP contribution in [0, 0.1) is 17.2 Å². The maximum absolute atomic E-state index is 12.0. The van der Waals surface area contributed by atoms with E-state index in [9.17, 15) is 4.79 Å². The first-order chi connectivity index (χ1) is 8.92. The molecule has 0 saturated heterocycles. The van der Waals surface area contributed by atoms with Gasteiger partial charge in [-0.15, -0.1) is 11.3 Å². The number of rotatable bonds is 6. The Hall–Kier alpha value is -1.58. The molecule has 1 rings (SSSR count). The van der Waals surface area contributed by atoms with Gasteiger partial charge in [-0.1, -0.05) is 13.8 Å². The van der Waals surface area contributed by atoms with Crippen molar-refractivity contribution in [2.24, 2.45) is 5.92 Å². The molecule has 0 aromatic carbocycles. The Morgan fingerprint density at radius 3 is 2.63 bits per heavy atom. The maximum Gasteiger partial charge on any atom is 0.177 e. The van der Waals surface area contributed by atoms with Gasteiger partial charge >= 0.3 is 0 Å². The number of nitrogens with two attached hydrogens (primary N) is 1. The van der Waals surface area contributed by atoms with Crippen molar-refractivity contribution in [3.05, 3.63) is 10.4 Å². The summed E-state index contributed by atoms with van der Waals surface area (Å²) in [7, 11) is 1.61. The molecule has 0 aliphatic rings. The first-order valence-corrected chi connectivity index (χ1v) is 6.86. The number of nitrogen functional groups attached to an aromatic ring is 1. The number of hydrogen-bond acceptors (Lipinski definition) is 6. The molecule has 0 fully saturated rings. The normalized spacial score (nSPS) is 12.2. The highest BCUT2D eigenvalue weighted by atomic mass is 32.1. The van der Waals surface area contributed by atoms with E-state index in [1.54, 1.807) is 7.11 Å². The fourth-order valence-electron chi connectivity index (χ4n) is 1.62. The third-order valence-corrected chi connectivity index (χ3v) is 3.75. The lowest BCUT2D eigenvalue weighted by Crippen LogP contribution is -2.20. The minimum atomic E-state index is -0.142. The van der Waals surface area contributed by atoms with Gasteiger partial charge < -0.3 is 15.8 Å². The van der Waals surface area contributed by atoms with Crippen LogP contribution >= 0.6 is 11.3 Å². The lowest BCUT2D eigenvalue weighted by molar-refractivity contribution is 0.0944. The average Bonchev–Trinajstić information content (AvgIpc) is 2.64. The SMILES string of the molecule is COCC(C)Nc1sc(C(=O)C(C)C)c(N)c1C#N. The van der Waals surface area contributed by atoms with Crippen molar-refractivity contribution < 1.29 is 9.53 Å². The minimum absolute atomic E-state index is 0.0357. The van der Waals surface area contributed by atoms with Crippen molar-refractivity contribution in [1.82, 2.24) is 0 Å². The minimum Gasteiger partial charge on any atom is -0.396 e. The Balaban J connectivity index is 3.10. The van der Waals surface area contributed by atoms with E-state index in [-0.39, 0.29) is 23.4 Å². The summed E-state index contributed by atoms with van der Waals surface area (Å²) in [6.45, 7) is 6.07. The summed E-state index contributed by atoms with van der Waals surface area (Å²) < 4.78 is 5.03. The van der Waals surface area contributed by atoms with Crippen LogP contribution in [0.15, 0.2) is 0 Å². The second-order valence-electron chi connectivity index (χ2n) is 4.68. The Morgan fingerprint density at radius 1 is 1.53 bits per heavy atom. The fourth-order valence-corrected chi connectivity index (χ4v) is 2.89. The highest BCUT2D eigenvalue weighted by molar-refractivity contribution is 7.19. The number of carbonyl (C=O) groups is 1. The first-order valence-electron chi connectivity index (χ1n) is 6.04. The van der Waals surface area contributed by atoms with Crippen LogP contribution in [-0.2, 0) is 4.74 Å². The molecule has 0 bridgehead atoms. The fraction of sp³-hybridized carbons (Fsp3) is 0.538. The number of nitriles is 1. The van der Waals surface area contributed by atoms with Gasteiger partial charge in [0.2, 0.25) is 0 Å². The molecule has 0 spiro atoms. The van der Waals surface area contributed by atoms with E-state index in [2.05, 4.69) is 11.4 Å². The molecule has 5 nitrogen and oxygen atoms in total. The number of thiophene rings is 1. The summed E-state index contributed by atoms with van der Waals surface area (Å²) in [4.78, 5) is 12.5. The first kappa shape index (κ1) is 15.5. The number of nitrogens with zero attached hydrogens (tertiary/aromatic N) is 1. The number of nitrogens with one attached hydrogen (secondary N) is 1. The maximum atomic E-state index is 12.0. The quantitative estimate of drug-likeness (QED) is 0.782. The zero-order valence-electron chi connectivity index (χ0n) is 11.6. The van der Waals surface area contributed by atoms with E-state index in [1.165, 1.54) is 11.3 Å². The van der Waals surface area contributed by atoms with Gasteiger partial charge in [0.1, 0.15) is 16.6 Å². The molecule has 3 N–H and O–H groups in total. The van der Waals surface area contributed by atoms with Crippen molar-refractivity contribution in [3.63, 3.8) is 0 Å². The highest BCUT2D eigenvalue weighted by Gasteiger charge is 2.23. The monoisotopic (exact) mass is 281 g/mol. The van der Waals surface area contributed by atoms with Gasteiger partial charge in [0.15, 0.2) is 5.78 Å². The van der Waals surface area contributed by atoms with E-state index < -0.39 is 0 Å². The van der Waals surface area contributed by atoms with Crippen molar-refractivity contribution in [1.29, 1.82) is 5.26 Å². The standard InChI is InChI=1S/C13H19N3O2S/c1-7(2)11(17)12-10(15)9(5-14)13(19-12)16-8(3)6-18-4/h7-8,16H,6,15H2,1-4H3. The molecule has 104 valence electrons. The van der Waals surface area contributed by atoms with Crippen molar-refractivity contribution in [2.45, 2.75) is 26.8 Å². The molecule has 1 atom stereocenters. The van der Waals surface area contributed by atoms with Crippen LogP contribution in [-0.4, -0.2) is 25.5 Å². The Morgan fingerprint density at radius 2 is 2.16 bits per heavy atom. The summed E-state index contributed by atoms with van der Waals surface area (Å²) in [5.74, 6) is -0.178. The number of ether oxygens (including phenoxy) is 1. The third kappa shape index (κ3) is 3.46. The second-order valence-corrected chi connectivity index (χ2v) is 5.70. The molecule has 19 heavy (non-hydrogen) atoms. The summed E-state index contributed by atoms with van der Waals surface area (Å²) in [5.41, 5.74) is 6.52. The number of methoxy groups -OCH3 is 1. The van der Waals surface area contributed by atoms with Gasteiger partial charge in [0.25, 0.3) is 0 Å². The van der Waals surface area contributed by atoms with Gasteiger partial charge in [-0.3, -0.25) is 4.79 Å². The number of Topliss-reactive ketones (excluding diaryl/α,β-unsaturated/α-hetero) is 1. The van der Waals surface area contributed by atoms with E-state index in [1.807, 2.05) is 20.8 Å². The number of ketones is 1. The number of carbonyl (C=O) groups excluding carboxylic acids is 1. The molecule has 1 heterocycles. The molecule has 1 aromatic heterocycles. The smallest absolute Gasteiger partial charge is 0.177 e. The number of hydrogen-bond donors (Lipinski definition) is 2. The lowest BCUT2D eigenvalue weighted by atomic mass is 10.1. The van der Waals surface area contributed by atoms with E-state index in [4.69, 9.17) is 15.7 Å². The Kier molecular flexibility index (Phi) is 5.33. The van der Waals surface area contributed by atoms with Crippen LogP contribution in [0.1, 0.15) is 36.0 Å². The zero-order valence-corrected chi connectivity index (χ0v) is 12.4. The van der Waals surface area contributed by atoms with Gasteiger partial charge in [-0.2, -0.15) is 5.26 Å². The van der Waals surface area contributed by atoms with E-state index in [0.29, 0.717) is 22.0 Å². The van der Waals surface area contributed by atoms with E-state index in [0.717, 1.165) is 0 Å². The summed E-state index contributed by atoms with van der Waals surface area (Å²) in [6.07, 6.45) is 0. The van der Waals surface area contributed by atoms with Crippen LogP contribution in [0.5, 0.6) is 0 Å². The zero-order chi connectivity index (χ0) is 14.6. The molecule has 0 saturated carbocycles. The van der Waals surface area contributed by atoms with Gasteiger partial charge in [-0.25, -0.2) is 0 Å². The lowest BCUT2D eigenvalue weighted by Gasteiger charge is -2.12. The van der Waals surface area contributed by atoms with Crippen LogP contribution in [0.2, 0.25) is 0 Å². The molecule has 6 heteroatoms. The van der Waals surface area contributed by atoms with Crippen molar-refractivity contribution in [2.75, 3.05) is 24.8 Å². The second kappa shape index (κ2) is 6.55. The highest BCUT2D eigenvalue weighted by Crippen LogP contribution is 2.36. The van der Waals surface area contributed by atoms with Crippen molar-refractivity contribution >= 4 is 27.8 Å². The molecule has 0 amide bonds. The van der Waals surface area contributed by atoms with Gasteiger partial charge in [-0.05, 0) is 6.92 Å². The largest absolute Gasteiger partial charge is 0.396 e. The number of anilines is 2. The van der Waals surface area contributed by atoms with Crippen molar-refractivity contribution in [3.8, 4) is 6.07 Å². The van der Waals surface area contributed by atoms with Crippen LogP contribution < -0.4 is 11.1 Å². The third-order valence-electron chi connectivity index (χ3n) is 2.60. The van der Waals surface area contributed by atoms with Crippen LogP contribution in [0.3, 0.4) is 0 Å². The predicted octanol–water partition coefficient (Wildman–Crippen LogP) is 2.49. The molecule has 1 aromatic rings. The Bertz CT molecular complexity index is 503. The van der Waals surface area contributed by atoms with Crippen LogP contribution in [0.25, 0.3) is 0 Å². The van der Waals surface area contributed by atoms with Gasteiger partial charge in [0.05, 0.1) is 17.2 Å². The average molecular weight is 281 g/mol. The molecule has 0 radical (unpaired) electrons. The topological polar surface area (TPSA) is 88.1 Å². The van der Waals surface area contributed by atoms with E-state index >= 15 is 0 Å². The summed E-state index contributed by atoms with van der Waals surface area (Å²) >= 11 is 1.24. The molecular formula is C13H19N3O2S. The summed E-state index contributed by atoms with van der Waals surface area (Å²) in [5, 5.41) is 13.0. The van der Waals surface area contributed by atoms with Gasteiger partial charge in [0, 0.05) is 19.1 Å².